The Labute approximate surface area is 128 Å². The first-order valence-electron chi connectivity index (χ1n) is 5.90. The van der Waals surface area contributed by atoms with E-state index in [1.165, 1.54) is 16.7 Å². The molecule has 0 heterocycles. The smallest absolute Gasteiger partial charge is 0.0613 e. The van der Waals surface area contributed by atoms with Crippen molar-refractivity contribution in [3.63, 3.8) is 0 Å². The third-order valence-electron chi connectivity index (χ3n) is 2.73. The van der Waals surface area contributed by atoms with Crippen molar-refractivity contribution in [2.24, 2.45) is 0 Å². The van der Waals surface area contributed by atoms with Crippen LogP contribution in [0, 0.1) is 13.8 Å². The molecule has 0 fully saturated rings. The molecule has 0 radical (unpaired) electrons. The molecule has 19 heavy (non-hydrogen) atoms. The molecular formula is C15H15Cl2NS. The molecule has 2 aromatic carbocycles. The van der Waals surface area contributed by atoms with E-state index in [0.29, 0.717) is 15.7 Å². The molecule has 0 saturated heterocycles. The summed E-state index contributed by atoms with van der Waals surface area (Å²) >= 11 is 13.6. The third-order valence-corrected chi connectivity index (χ3v) is 4.59. The second-order valence-electron chi connectivity index (χ2n) is 4.59. The van der Waals surface area contributed by atoms with Crippen LogP contribution in [0.3, 0.4) is 0 Å². The van der Waals surface area contributed by atoms with Crippen molar-refractivity contribution >= 4 is 40.7 Å². The predicted octanol–water partition coefficient (Wildman–Crippen LogP) is 5.48. The van der Waals surface area contributed by atoms with Gasteiger partial charge in [-0.15, -0.1) is 11.8 Å². The first kappa shape index (κ1) is 14.6. The lowest BCUT2D eigenvalue weighted by Gasteiger charge is -2.08. The number of hydrogen-bond donors (Lipinski definition) is 1. The standard InChI is InChI=1S/C15H15Cl2NS/c1-9-3-10(2)5-11(4-9)8-19-15-7-13(17)12(16)6-14(15)18/h3-7H,8,18H2,1-2H3. The van der Waals surface area contributed by atoms with Gasteiger partial charge in [-0.1, -0.05) is 52.5 Å². The van der Waals surface area contributed by atoms with Gasteiger partial charge in [-0.3, -0.25) is 0 Å². The average molecular weight is 312 g/mol. The van der Waals surface area contributed by atoms with Gasteiger partial charge in [-0.25, -0.2) is 0 Å². The Hall–Kier alpha value is -0.830. The molecule has 1 nitrogen and oxygen atoms in total. The van der Waals surface area contributed by atoms with Crippen molar-refractivity contribution in [3.8, 4) is 0 Å². The van der Waals surface area contributed by atoms with E-state index in [2.05, 4.69) is 32.0 Å². The fourth-order valence-corrected chi connectivity index (χ4v) is 3.30. The van der Waals surface area contributed by atoms with E-state index in [9.17, 15) is 0 Å². The molecule has 2 aromatic rings. The van der Waals surface area contributed by atoms with E-state index in [1.807, 2.05) is 6.07 Å². The van der Waals surface area contributed by atoms with Gasteiger partial charge < -0.3 is 5.73 Å². The zero-order chi connectivity index (χ0) is 14.0. The number of rotatable bonds is 3. The fraction of sp³-hybridized carbons (Fsp3) is 0.200. The number of halogens is 2. The van der Waals surface area contributed by atoms with E-state index >= 15 is 0 Å². The van der Waals surface area contributed by atoms with Crippen molar-refractivity contribution in [2.45, 2.75) is 24.5 Å². The maximum absolute atomic E-state index is 6.02. The van der Waals surface area contributed by atoms with E-state index < -0.39 is 0 Å². The molecule has 0 unspecified atom stereocenters. The van der Waals surface area contributed by atoms with Gasteiger partial charge in [0.1, 0.15) is 0 Å². The summed E-state index contributed by atoms with van der Waals surface area (Å²) in [5.74, 6) is 0.866. The van der Waals surface area contributed by atoms with Gasteiger partial charge in [0.05, 0.1) is 10.0 Å². The van der Waals surface area contributed by atoms with Gasteiger partial charge in [-0.05, 0) is 31.5 Å². The van der Waals surface area contributed by atoms with Crippen LogP contribution in [0.25, 0.3) is 0 Å². The van der Waals surface area contributed by atoms with Crippen LogP contribution >= 0.6 is 35.0 Å². The van der Waals surface area contributed by atoms with Crippen molar-refractivity contribution in [2.75, 3.05) is 5.73 Å². The largest absolute Gasteiger partial charge is 0.398 e. The minimum absolute atomic E-state index is 0.495. The summed E-state index contributed by atoms with van der Waals surface area (Å²) in [5.41, 5.74) is 10.5. The highest BCUT2D eigenvalue weighted by atomic mass is 35.5. The first-order chi connectivity index (χ1) is 8.95. The monoisotopic (exact) mass is 311 g/mol. The summed E-state index contributed by atoms with van der Waals surface area (Å²) in [5, 5.41) is 1.04. The Kier molecular flexibility index (Phi) is 4.67. The minimum atomic E-state index is 0.495. The molecule has 0 saturated carbocycles. The predicted molar refractivity (Wildman–Crippen MR) is 86.4 cm³/mol. The molecule has 0 spiro atoms. The third kappa shape index (κ3) is 3.82. The molecule has 0 aliphatic rings. The van der Waals surface area contributed by atoms with Gasteiger partial charge in [0.25, 0.3) is 0 Å². The number of nitrogen functional groups attached to an aromatic ring is 1. The topological polar surface area (TPSA) is 26.0 Å². The van der Waals surface area contributed by atoms with Gasteiger partial charge in [0.15, 0.2) is 0 Å². The maximum atomic E-state index is 6.02. The number of thioether (sulfide) groups is 1. The second kappa shape index (κ2) is 6.08. The van der Waals surface area contributed by atoms with E-state index in [-0.39, 0.29) is 0 Å². The summed E-state index contributed by atoms with van der Waals surface area (Å²) < 4.78 is 0. The molecule has 0 atom stereocenters. The average Bonchev–Trinajstić information content (AvgIpc) is 2.31. The summed E-state index contributed by atoms with van der Waals surface area (Å²) in [6, 6.07) is 10.1. The molecule has 2 N–H and O–H groups in total. The molecular weight excluding hydrogens is 297 g/mol. The van der Waals surface area contributed by atoms with Crippen molar-refractivity contribution in [1.82, 2.24) is 0 Å². The van der Waals surface area contributed by atoms with E-state index in [4.69, 9.17) is 28.9 Å². The Bertz CT molecular complexity index is 591. The molecule has 4 heteroatoms. The first-order valence-corrected chi connectivity index (χ1v) is 7.64. The molecule has 0 aliphatic carbocycles. The lowest BCUT2D eigenvalue weighted by atomic mass is 10.1. The number of nitrogens with two attached hydrogens (primary N) is 1. The summed E-state index contributed by atoms with van der Waals surface area (Å²) in [7, 11) is 0. The Morgan fingerprint density at radius 2 is 1.53 bits per heavy atom. The van der Waals surface area contributed by atoms with Crippen LogP contribution in [0.4, 0.5) is 5.69 Å². The van der Waals surface area contributed by atoms with Crippen molar-refractivity contribution < 1.29 is 0 Å². The summed E-state index contributed by atoms with van der Waals surface area (Å²) in [4.78, 5) is 0.966. The number of benzene rings is 2. The summed E-state index contributed by atoms with van der Waals surface area (Å²) in [6.07, 6.45) is 0. The van der Waals surface area contributed by atoms with Crippen molar-refractivity contribution in [1.29, 1.82) is 0 Å². The Morgan fingerprint density at radius 1 is 0.947 bits per heavy atom. The van der Waals surface area contributed by atoms with Crippen LogP contribution < -0.4 is 5.73 Å². The van der Waals surface area contributed by atoms with Gasteiger partial charge in [0.2, 0.25) is 0 Å². The fourth-order valence-electron chi connectivity index (χ4n) is 1.98. The number of anilines is 1. The number of hydrogen-bond acceptors (Lipinski definition) is 2. The zero-order valence-corrected chi connectivity index (χ0v) is 13.2. The van der Waals surface area contributed by atoms with Gasteiger partial charge in [0, 0.05) is 16.3 Å². The van der Waals surface area contributed by atoms with Crippen LogP contribution in [-0.4, -0.2) is 0 Å². The molecule has 0 aliphatic heterocycles. The summed E-state index contributed by atoms with van der Waals surface area (Å²) in [6.45, 7) is 4.21. The highest BCUT2D eigenvalue weighted by Gasteiger charge is 2.06. The van der Waals surface area contributed by atoms with Gasteiger partial charge >= 0.3 is 0 Å². The molecule has 0 bridgehead atoms. The molecule has 100 valence electrons. The normalized spacial score (nSPS) is 10.7. The van der Waals surface area contributed by atoms with E-state index in [0.717, 1.165) is 10.6 Å². The molecule has 0 amide bonds. The minimum Gasteiger partial charge on any atom is -0.398 e. The van der Waals surface area contributed by atoms with Crippen LogP contribution in [0.15, 0.2) is 35.2 Å². The van der Waals surface area contributed by atoms with E-state index in [1.54, 1.807) is 17.8 Å². The lowest BCUT2D eigenvalue weighted by Crippen LogP contribution is -1.90. The van der Waals surface area contributed by atoms with Crippen LogP contribution in [-0.2, 0) is 5.75 Å². The quantitative estimate of drug-likeness (QED) is 0.599. The highest BCUT2D eigenvalue weighted by molar-refractivity contribution is 7.98. The second-order valence-corrected chi connectivity index (χ2v) is 6.42. The Balaban J connectivity index is 2.16. The SMILES string of the molecule is Cc1cc(C)cc(CSc2cc(Cl)c(Cl)cc2N)c1. The maximum Gasteiger partial charge on any atom is 0.0613 e. The van der Waals surface area contributed by atoms with Crippen molar-refractivity contribution in [3.05, 3.63) is 57.1 Å². The number of aryl methyl sites for hydroxylation is 2. The van der Waals surface area contributed by atoms with Crippen LogP contribution in [0.2, 0.25) is 10.0 Å². The Morgan fingerprint density at radius 3 is 2.16 bits per heavy atom. The highest BCUT2D eigenvalue weighted by Crippen LogP contribution is 2.35. The van der Waals surface area contributed by atoms with Crippen LogP contribution in [0.1, 0.15) is 16.7 Å². The molecule has 2 rings (SSSR count). The molecule has 0 aromatic heterocycles. The van der Waals surface area contributed by atoms with Crippen LogP contribution in [0.5, 0.6) is 0 Å². The van der Waals surface area contributed by atoms with Gasteiger partial charge in [-0.2, -0.15) is 0 Å². The zero-order valence-electron chi connectivity index (χ0n) is 10.8. The lowest BCUT2D eigenvalue weighted by molar-refractivity contribution is 1.29.